The number of sulfone groups is 1. The predicted molar refractivity (Wildman–Crippen MR) is 105 cm³/mol. The molecule has 148 valence electrons. The number of nitrogens with zero attached hydrogens (tertiary/aromatic N) is 1. The van der Waals surface area contributed by atoms with Crippen molar-refractivity contribution in [1.29, 1.82) is 0 Å². The SMILES string of the molecule is CC[C@@H](C)N(C(=O)COC(=O)/C=C/c1ccccc1Cl)[C@H]1CCS(=O)(=O)C1. The van der Waals surface area contributed by atoms with E-state index in [9.17, 15) is 18.0 Å². The van der Waals surface area contributed by atoms with Crippen LogP contribution in [0.4, 0.5) is 0 Å². The number of rotatable bonds is 7. The first-order valence-corrected chi connectivity index (χ1v) is 11.0. The molecule has 0 saturated carbocycles. The summed E-state index contributed by atoms with van der Waals surface area (Å²) in [5.41, 5.74) is 0.667. The summed E-state index contributed by atoms with van der Waals surface area (Å²) in [6.07, 6.45) is 3.83. The van der Waals surface area contributed by atoms with E-state index < -0.39 is 22.4 Å². The third-order valence-corrected chi connectivity index (χ3v) is 6.69. The van der Waals surface area contributed by atoms with E-state index in [0.717, 1.165) is 0 Å². The average molecular weight is 414 g/mol. The molecule has 0 spiro atoms. The van der Waals surface area contributed by atoms with Crippen LogP contribution in [0.5, 0.6) is 0 Å². The molecule has 1 fully saturated rings. The highest BCUT2D eigenvalue weighted by Crippen LogP contribution is 2.21. The maximum Gasteiger partial charge on any atom is 0.331 e. The maximum absolute atomic E-state index is 12.6. The van der Waals surface area contributed by atoms with Gasteiger partial charge in [-0.25, -0.2) is 13.2 Å². The number of halogens is 1. The second-order valence-corrected chi connectivity index (χ2v) is 9.21. The zero-order valence-electron chi connectivity index (χ0n) is 15.4. The molecule has 0 aliphatic carbocycles. The monoisotopic (exact) mass is 413 g/mol. The molecule has 2 atom stereocenters. The van der Waals surface area contributed by atoms with E-state index in [1.54, 1.807) is 29.2 Å². The molecule has 0 aromatic heterocycles. The molecule has 27 heavy (non-hydrogen) atoms. The van der Waals surface area contributed by atoms with Crippen LogP contribution in [0.2, 0.25) is 5.02 Å². The van der Waals surface area contributed by atoms with Gasteiger partial charge in [-0.1, -0.05) is 36.7 Å². The number of benzene rings is 1. The smallest absolute Gasteiger partial charge is 0.331 e. The van der Waals surface area contributed by atoms with E-state index in [2.05, 4.69) is 0 Å². The van der Waals surface area contributed by atoms with Crippen molar-refractivity contribution in [2.24, 2.45) is 0 Å². The van der Waals surface area contributed by atoms with Crippen LogP contribution in [0.15, 0.2) is 30.3 Å². The van der Waals surface area contributed by atoms with Crippen LogP contribution < -0.4 is 0 Å². The van der Waals surface area contributed by atoms with Crippen molar-refractivity contribution in [2.45, 2.75) is 38.8 Å². The topological polar surface area (TPSA) is 80.8 Å². The van der Waals surface area contributed by atoms with E-state index in [1.165, 1.54) is 12.2 Å². The molecule has 1 amide bonds. The number of amides is 1. The highest BCUT2D eigenvalue weighted by molar-refractivity contribution is 7.91. The number of carbonyl (C=O) groups is 2. The average Bonchev–Trinajstić information content (AvgIpc) is 2.98. The summed E-state index contributed by atoms with van der Waals surface area (Å²) < 4.78 is 28.5. The fraction of sp³-hybridized carbons (Fsp3) is 0.474. The van der Waals surface area contributed by atoms with Crippen molar-refractivity contribution in [1.82, 2.24) is 4.90 Å². The Morgan fingerprint density at radius 3 is 2.67 bits per heavy atom. The molecule has 1 aliphatic rings. The maximum atomic E-state index is 12.6. The normalized spacial score (nSPS) is 19.7. The Bertz CT molecular complexity index is 821. The van der Waals surface area contributed by atoms with Gasteiger partial charge in [-0.3, -0.25) is 4.79 Å². The number of carbonyl (C=O) groups excluding carboxylic acids is 2. The molecule has 0 bridgehead atoms. The van der Waals surface area contributed by atoms with Gasteiger partial charge < -0.3 is 9.64 Å². The van der Waals surface area contributed by atoms with Crippen LogP contribution in [0, 0.1) is 0 Å². The van der Waals surface area contributed by atoms with Gasteiger partial charge in [-0.15, -0.1) is 0 Å². The third kappa shape index (κ3) is 6.07. The zero-order valence-corrected chi connectivity index (χ0v) is 17.0. The van der Waals surface area contributed by atoms with Gasteiger partial charge >= 0.3 is 5.97 Å². The second kappa shape index (κ2) is 9.37. The predicted octanol–water partition coefficient (Wildman–Crippen LogP) is 2.71. The van der Waals surface area contributed by atoms with Crippen molar-refractivity contribution in [3.63, 3.8) is 0 Å². The summed E-state index contributed by atoms with van der Waals surface area (Å²) in [5.74, 6) is -1.00. The molecule has 0 N–H and O–H groups in total. The first kappa shape index (κ1) is 21.4. The van der Waals surface area contributed by atoms with E-state index >= 15 is 0 Å². The lowest BCUT2D eigenvalue weighted by molar-refractivity contribution is -0.150. The molecule has 1 aromatic carbocycles. The van der Waals surface area contributed by atoms with Gasteiger partial charge in [0.25, 0.3) is 5.91 Å². The molecule has 6 nitrogen and oxygen atoms in total. The number of hydrogen-bond acceptors (Lipinski definition) is 5. The minimum absolute atomic E-state index is 0.0383. The molecular weight excluding hydrogens is 390 g/mol. The fourth-order valence-electron chi connectivity index (χ4n) is 3.02. The van der Waals surface area contributed by atoms with Crippen LogP contribution in [0.1, 0.15) is 32.3 Å². The summed E-state index contributed by atoms with van der Waals surface area (Å²) in [7, 11) is -3.12. The van der Waals surface area contributed by atoms with Gasteiger partial charge in [0.05, 0.1) is 11.5 Å². The first-order valence-electron chi connectivity index (χ1n) is 8.84. The lowest BCUT2D eigenvalue weighted by atomic mass is 10.1. The minimum Gasteiger partial charge on any atom is -0.452 e. The molecule has 0 radical (unpaired) electrons. The standard InChI is InChI=1S/C19H24ClNO5S/c1-3-14(2)21(16-10-11-27(24,25)13-16)18(22)12-26-19(23)9-8-15-6-4-5-7-17(15)20/h4-9,14,16H,3,10-13H2,1-2H3/b9-8+/t14-,16+/m1/s1. The summed E-state index contributed by atoms with van der Waals surface area (Å²) in [6, 6.07) is 6.53. The van der Waals surface area contributed by atoms with Gasteiger partial charge in [-0.2, -0.15) is 0 Å². The third-order valence-electron chi connectivity index (χ3n) is 4.60. The zero-order chi connectivity index (χ0) is 20.0. The quantitative estimate of drug-likeness (QED) is 0.507. The lowest BCUT2D eigenvalue weighted by Crippen LogP contribution is -2.48. The van der Waals surface area contributed by atoms with Crippen LogP contribution >= 0.6 is 11.6 Å². The van der Waals surface area contributed by atoms with Crippen molar-refractivity contribution in [3.8, 4) is 0 Å². The highest BCUT2D eigenvalue weighted by Gasteiger charge is 2.36. The Labute approximate surface area is 165 Å². The molecule has 1 aromatic rings. The largest absolute Gasteiger partial charge is 0.452 e. The Kier molecular flexibility index (Phi) is 7.44. The van der Waals surface area contributed by atoms with Gasteiger partial charge in [0.1, 0.15) is 0 Å². The number of esters is 1. The highest BCUT2D eigenvalue weighted by atomic mass is 35.5. The van der Waals surface area contributed by atoms with E-state index in [-0.39, 0.29) is 29.5 Å². The van der Waals surface area contributed by atoms with Gasteiger partial charge in [0, 0.05) is 23.2 Å². The molecule has 2 rings (SSSR count). The van der Waals surface area contributed by atoms with E-state index in [1.807, 2.05) is 13.8 Å². The van der Waals surface area contributed by atoms with Crippen LogP contribution in [-0.4, -0.2) is 55.4 Å². The molecular formula is C19H24ClNO5S. The molecule has 8 heteroatoms. The van der Waals surface area contributed by atoms with Crippen LogP contribution in [0.25, 0.3) is 6.08 Å². The van der Waals surface area contributed by atoms with Crippen molar-refractivity contribution < 1.29 is 22.7 Å². The van der Waals surface area contributed by atoms with Crippen molar-refractivity contribution >= 4 is 39.4 Å². The Balaban J connectivity index is 1.97. The van der Waals surface area contributed by atoms with Crippen LogP contribution in [0.3, 0.4) is 0 Å². The summed E-state index contributed by atoms with van der Waals surface area (Å²) in [5, 5.41) is 0.503. The fourth-order valence-corrected chi connectivity index (χ4v) is 4.93. The second-order valence-electron chi connectivity index (χ2n) is 6.58. The molecule has 1 heterocycles. The summed E-state index contributed by atoms with van der Waals surface area (Å²) in [6.45, 7) is 3.36. The Morgan fingerprint density at radius 2 is 2.07 bits per heavy atom. The lowest BCUT2D eigenvalue weighted by Gasteiger charge is -2.33. The van der Waals surface area contributed by atoms with Gasteiger partial charge in [0.15, 0.2) is 16.4 Å². The Hall–Kier alpha value is -1.86. The molecule has 0 unspecified atom stereocenters. The summed E-state index contributed by atoms with van der Waals surface area (Å²) in [4.78, 5) is 26.0. The summed E-state index contributed by atoms with van der Waals surface area (Å²) >= 11 is 6.01. The minimum atomic E-state index is -3.12. The van der Waals surface area contributed by atoms with Crippen molar-refractivity contribution in [3.05, 3.63) is 40.9 Å². The number of hydrogen-bond donors (Lipinski definition) is 0. The van der Waals surface area contributed by atoms with Gasteiger partial charge in [-0.05, 0) is 37.5 Å². The van der Waals surface area contributed by atoms with E-state index in [0.29, 0.717) is 23.4 Å². The number of ether oxygens (including phenoxy) is 1. The first-order chi connectivity index (χ1) is 12.7. The molecule has 1 saturated heterocycles. The molecule has 1 aliphatic heterocycles. The van der Waals surface area contributed by atoms with Crippen molar-refractivity contribution in [2.75, 3.05) is 18.1 Å². The van der Waals surface area contributed by atoms with E-state index in [4.69, 9.17) is 16.3 Å². The van der Waals surface area contributed by atoms with Crippen LogP contribution in [-0.2, 0) is 24.2 Å². The van der Waals surface area contributed by atoms with Gasteiger partial charge in [0.2, 0.25) is 0 Å². The Morgan fingerprint density at radius 1 is 1.37 bits per heavy atom.